The number of aromatic nitrogens is 2. The largest absolute Gasteiger partial charge is 0.491 e. The number of halogens is 2. The number of ether oxygens (including phenoxy) is 1. The number of imidazole rings is 1. The average molecular weight is 417 g/mol. The van der Waals surface area contributed by atoms with E-state index in [2.05, 4.69) is 61.2 Å². The van der Waals surface area contributed by atoms with E-state index >= 15 is 0 Å². The minimum absolute atomic E-state index is 0.592. The van der Waals surface area contributed by atoms with Crippen molar-refractivity contribution >= 4 is 31.9 Å². The molecule has 0 aliphatic heterocycles. The van der Waals surface area contributed by atoms with Crippen LogP contribution < -0.4 is 10.1 Å². The van der Waals surface area contributed by atoms with Gasteiger partial charge in [0.2, 0.25) is 0 Å². The van der Waals surface area contributed by atoms with Gasteiger partial charge in [0, 0.05) is 32.4 Å². The summed E-state index contributed by atoms with van der Waals surface area (Å²) in [7, 11) is 1.99. The van der Waals surface area contributed by atoms with Crippen molar-refractivity contribution in [2.24, 2.45) is 7.05 Å². The molecule has 1 aromatic carbocycles. The van der Waals surface area contributed by atoms with Crippen LogP contribution >= 0.6 is 31.9 Å². The highest BCUT2D eigenvalue weighted by Gasteiger charge is 2.09. The van der Waals surface area contributed by atoms with Crippen molar-refractivity contribution in [3.63, 3.8) is 0 Å². The summed E-state index contributed by atoms with van der Waals surface area (Å²) in [5.41, 5.74) is 1.21. The van der Waals surface area contributed by atoms with Gasteiger partial charge in [-0.25, -0.2) is 4.98 Å². The fourth-order valence-electron chi connectivity index (χ4n) is 2.00. The quantitative estimate of drug-likeness (QED) is 0.748. The third-order valence-corrected chi connectivity index (χ3v) is 4.31. The average Bonchev–Trinajstić information content (AvgIpc) is 2.85. The van der Waals surface area contributed by atoms with Crippen LogP contribution in [0, 0.1) is 0 Å². The molecule has 4 nitrogen and oxygen atoms in total. The number of nitrogens with zero attached hydrogens (tertiary/aromatic N) is 2. The normalized spacial score (nSPS) is 10.9. The molecule has 1 aromatic heterocycles. The monoisotopic (exact) mass is 415 g/mol. The van der Waals surface area contributed by atoms with Gasteiger partial charge in [0.1, 0.15) is 11.6 Å². The summed E-state index contributed by atoms with van der Waals surface area (Å²) < 4.78 is 9.82. The Bertz CT molecular complexity index is 575. The van der Waals surface area contributed by atoms with Crippen molar-refractivity contribution in [2.45, 2.75) is 19.9 Å². The maximum atomic E-state index is 5.89. The zero-order valence-electron chi connectivity index (χ0n) is 12.2. The Balaban J connectivity index is 1.98. The van der Waals surface area contributed by atoms with Crippen LogP contribution in [0.15, 0.2) is 33.5 Å². The zero-order valence-corrected chi connectivity index (χ0v) is 15.4. The molecule has 0 atom stereocenters. The first kappa shape index (κ1) is 16.5. The number of rotatable bonds is 7. The summed E-state index contributed by atoms with van der Waals surface area (Å²) in [6.07, 6.45) is 4.52. The number of hydrogen-bond donors (Lipinski definition) is 1. The van der Waals surface area contributed by atoms with E-state index in [9.17, 15) is 0 Å². The minimum Gasteiger partial charge on any atom is -0.491 e. The Morgan fingerprint density at radius 3 is 2.57 bits per heavy atom. The Labute approximate surface area is 142 Å². The third-order valence-electron chi connectivity index (χ3n) is 3.13. The summed E-state index contributed by atoms with van der Waals surface area (Å²) in [5.74, 6) is 1.86. The first-order valence-corrected chi connectivity index (χ1v) is 8.48. The molecule has 1 heterocycles. The van der Waals surface area contributed by atoms with Gasteiger partial charge >= 0.3 is 0 Å². The summed E-state index contributed by atoms with van der Waals surface area (Å²) >= 11 is 7.16. The van der Waals surface area contributed by atoms with Crippen LogP contribution in [0.4, 0.5) is 0 Å². The minimum atomic E-state index is 0.592. The standard InChI is InChI=1S/C15H19Br2N3O/c1-3-18-10-11-8-12(16)15(13(17)9-11)21-7-4-14-19-5-6-20(14)2/h5-6,8-9,18H,3-4,7,10H2,1-2H3. The topological polar surface area (TPSA) is 39.1 Å². The Kier molecular flexibility index (Phi) is 6.26. The van der Waals surface area contributed by atoms with Crippen LogP contribution in [0.3, 0.4) is 0 Å². The maximum Gasteiger partial charge on any atom is 0.147 e. The Morgan fingerprint density at radius 2 is 2.00 bits per heavy atom. The van der Waals surface area contributed by atoms with Gasteiger partial charge in [-0.1, -0.05) is 6.92 Å². The van der Waals surface area contributed by atoms with Gasteiger partial charge in [0.15, 0.2) is 0 Å². The van der Waals surface area contributed by atoms with E-state index in [1.54, 1.807) is 6.20 Å². The van der Waals surface area contributed by atoms with E-state index in [0.29, 0.717) is 6.61 Å². The molecule has 0 aliphatic carbocycles. The van der Waals surface area contributed by atoms with E-state index in [0.717, 1.165) is 40.0 Å². The first-order chi connectivity index (χ1) is 10.1. The van der Waals surface area contributed by atoms with Gasteiger partial charge < -0.3 is 14.6 Å². The second kappa shape index (κ2) is 7.96. The van der Waals surface area contributed by atoms with Crippen LogP contribution in [0.2, 0.25) is 0 Å². The fraction of sp³-hybridized carbons (Fsp3) is 0.400. The van der Waals surface area contributed by atoms with Gasteiger partial charge in [-0.15, -0.1) is 0 Å². The lowest BCUT2D eigenvalue weighted by molar-refractivity contribution is 0.313. The van der Waals surface area contributed by atoms with Crippen LogP contribution in [0.25, 0.3) is 0 Å². The molecule has 0 saturated carbocycles. The van der Waals surface area contributed by atoms with Crippen molar-refractivity contribution in [2.75, 3.05) is 13.2 Å². The molecule has 114 valence electrons. The molecule has 0 unspecified atom stereocenters. The summed E-state index contributed by atoms with van der Waals surface area (Å²) in [6, 6.07) is 4.17. The van der Waals surface area contributed by atoms with Gasteiger partial charge in [-0.2, -0.15) is 0 Å². The summed E-state index contributed by atoms with van der Waals surface area (Å²) in [6.45, 7) is 4.49. The maximum absolute atomic E-state index is 5.89. The molecule has 6 heteroatoms. The van der Waals surface area contributed by atoms with Gasteiger partial charge in [-0.05, 0) is 56.1 Å². The van der Waals surface area contributed by atoms with Gasteiger partial charge in [0.25, 0.3) is 0 Å². The van der Waals surface area contributed by atoms with Crippen LogP contribution in [0.5, 0.6) is 5.75 Å². The predicted octanol–water partition coefficient (Wildman–Crippen LogP) is 3.68. The van der Waals surface area contributed by atoms with Crippen LogP contribution in [-0.4, -0.2) is 22.7 Å². The van der Waals surface area contributed by atoms with E-state index in [4.69, 9.17) is 4.74 Å². The number of benzene rings is 1. The molecule has 0 saturated heterocycles. The van der Waals surface area contributed by atoms with Gasteiger partial charge in [0.05, 0.1) is 15.6 Å². The molecule has 0 radical (unpaired) electrons. The molecule has 2 aromatic rings. The highest BCUT2D eigenvalue weighted by molar-refractivity contribution is 9.11. The van der Waals surface area contributed by atoms with E-state index < -0.39 is 0 Å². The van der Waals surface area contributed by atoms with E-state index in [1.807, 2.05) is 17.8 Å². The molecule has 0 fully saturated rings. The third kappa shape index (κ3) is 4.56. The van der Waals surface area contributed by atoms with Crippen LogP contribution in [-0.2, 0) is 20.0 Å². The highest BCUT2D eigenvalue weighted by Crippen LogP contribution is 2.34. The molecule has 0 bridgehead atoms. The van der Waals surface area contributed by atoms with Crippen molar-refractivity contribution < 1.29 is 4.74 Å². The molecule has 0 spiro atoms. The first-order valence-electron chi connectivity index (χ1n) is 6.89. The number of nitrogens with one attached hydrogen (secondary N) is 1. The number of aryl methyl sites for hydroxylation is 1. The molecule has 2 rings (SSSR count). The van der Waals surface area contributed by atoms with Crippen LogP contribution in [0.1, 0.15) is 18.3 Å². The van der Waals surface area contributed by atoms with E-state index in [-0.39, 0.29) is 0 Å². The number of hydrogen-bond acceptors (Lipinski definition) is 3. The van der Waals surface area contributed by atoms with Crippen molar-refractivity contribution in [3.8, 4) is 5.75 Å². The molecule has 0 aliphatic rings. The smallest absolute Gasteiger partial charge is 0.147 e. The van der Waals surface area contributed by atoms with Gasteiger partial charge in [-0.3, -0.25) is 0 Å². The summed E-state index contributed by atoms with van der Waals surface area (Å²) in [4.78, 5) is 4.29. The Morgan fingerprint density at radius 1 is 1.29 bits per heavy atom. The molecular formula is C15H19Br2N3O. The lowest BCUT2D eigenvalue weighted by Gasteiger charge is -2.12. The lowest BCUT2D eigenvalue weighted by atomic mass is 10.2. The molecule has 1 N–H and O–H groups in total. The SMILES string of the molecule is CCNCc1cc(Br)c(OCCc2nccn2C)c(Br)c1. The second-order valence-electron chi connectivity index (χ2n) is 4.72. The molecular weight excluding hydrogens is 398 g/mol. The lowest BCUT2D eigenvalue weighted by Crippen LogP contribution is -2.12. The summed E-state index contributed by atoms with van der Waals surface area (Å²) in [5, 5.41) is 3.31. The molecule has 0 amide bonds. The predicted molar refractivity (Wildman–Crippen MR) is 91.6 cm³/mol. The Hall–Kier alpha value is -0.850. The van der Waals surface area contributed by atoms with Crippen molar-refractivity contribution in [1.29, 1.82) is 0 Å². The zero-order chi connectivity index (χ0) is 15.2. The fourth-order valence-corrected chi connectivity index (χ4v) is 3.51. The molecule has 21 heavy (non-hydrogen) atoms. The highest BCUT2D eigenvalue weighted by atomic mass is 79.9. The van der Waals surface area contributed by atoms with E-state index in [1.165, 1.54) is 5.56 Å². The van der Waals surface area contributed by atoms with Crippen molar-refractivity contribution in [3.05, 3.63) is 44.9 Å². The van der Waals surface area contributed by atoms with Crippen molar-refractivity contribution in [1.82, 2.24) is 14.9 Å². The second-order valence-corrected chi connectivity index (χ2v) is 6.43.